The van der Waals surface area contributed by atoms with Gasteiger partial charge in [-0.25, -0.2) is 0 Å². The highest BCUT2D eigenvalue weighted by molar-refractivity contribution is 5.68. The van der Waals surface area contributed by atoms with Crippen LogP contribution in [-0.2, 0) is 10.2 Å². The van der Waals surface area contributed by atoms with E-state index in [0.717, 1.165) is 35.7 Å². The molecule has 0 radical (unpaired) electrons. The van der Waals surface area contributed by atoms with E-state index < -0.39 is 5.97 Å². The number of carbonyl (C=O) groups is 1. The minimum atomic E-state index is -0.849. The second-order valence-corrected chi connectivity index (χ2v) is 9.08. The van der Waals surface area contributed by atoms with Crippen LogP contribution in [-0.4, -0.2) is 24.2 Å². The van der Waals surface area contributed by atoms with Gasteiger partial charge in [-0.2, -0.15) is 0 Å². The zero-order valence-electron chi connectivity index (χ0n) is 19.6. The fraction of sp³-hybridized carbons (Fsp3) is 0.321. The Morgan fingerprint density at radius 1 is 0.879 bits per heavy atom. The maximum absolute atomic E-state index is 10.7. The fourth-order valence-corrected chi connectivity index (χ4v) is 3.48. The third-order valence-electron chi connectivity index (χ3n) is 5.33. The molecular formula is C28H33NO4. The van der Waals surface area contributed by atoms with Crippen LogP contribution < -0.4 is 14.8 Å². The molecule has 3 rings (SSSR count). The summed E-state index contributed by atoms with van der Waals surface area (Å²) in [5.41, 5.74) is 2.47. The summed E-state index contributed by atoms with van der Waals surface area (Å²) in [5.74, 6) is 1.46. The Kier molecular flexibility index (Phi) is 8.50. The number of hydrogen-bond acceptors (Lipinski definition) is 4. The van der Waals surface area contributed by atoms with Crippen molar-refractivity contribution in [3.05, 3.63) is 90.0 Å². The molecular weight excluding hydrogens is 414 g/mol. The highest BCUT2D eigenvalue weighted by Crippen LogP contribution is 2.30. The first-order valence-electron chi connectivity index (χ1n) is 11.3. The molecule has 1 unspecified atom stereocenters. The molecule has 0 aliphatic carbocycles. The Morgan fingerprint density at radius 2 is 1.45 bits per heavy atom. The summed E-state index contributed by atoms with van der Waals surface area (Å²) in [5, 5.41) is 11.7. The second-order valence-electron chi connectivity index (χ2n) is 9.08. The van der Waals surface area contributed by atoms with Gasteiger partial charge in [-0.05, 0) is 72.3 Å². The molecule has 3 aromatic rings. The Balaban J connectivity index is 1.60. The average Bonchev–Trinajstić information content (AvgIpc) is 2.79. The third kappa shape index (κ3) is 7.95. The lowest BCUT2D eigenvalue weighted by atomic mass is 9.87. The fourth-order valence-electron chi connectivity index (χ4n) is 3.48. The Labute approximate surface area is 196 Å². The van der Waals surface area contributed by atoms with Gasteiger partial charge in [-0.15, -0.1) is 0 Å². The van der Waals surface area contributed by atoms with Gasteiger partial charge >= 0.3 is 5.97 Å². The number of benzene rings is 3. The van der Waals surface area contributed by atoms with Crippen molar-refractivity contribution in [3.8, 4) is 17.2 Å². The van der Waals surface area contributed by atoms with Crippen molar-refractivity contribution < 1.29 is 19.4 Å². The quantitative estimate of drug-likeness (QED) is 0.335. The standard InChI is InChI=1S/C28H33NO4/c1-28(2,3)22-11-13-23(14-12-22)32-24-15-17-25(18-16-24)33-26(21-8-5-4-6-9-21)10-7-19-29-20-27(30)31/h4-6,8-9,11-18,26,29H,7,10,19-20H2,1-3H3,(H,30,31). The molecule has 1 atom stereocenters. The molecule has 33 heavy (non-hydrogen) atoms. The summed E-state index contributed by atoms with van der Waals surface area (Å²) in [7, 11) is 0. The SMILES string of the molecule is CC(C)(C)c1ccc(Oc2ccc(OC(CCCNCC(=O)O)c3ccccc3)cc2)cc1. The molecule has 2 N–H and O–H groups in total. The summed E-state index contributed by atoms with van der Waals surface area (Å²) in [6.45, 7) is 7.17. The van der Waals surface area contributed by atoms with E-state index in [1.54, 1.807) is 0 Å². The van der Waals surface area contributed by atoms with Gasteiger partial charge in [0.05, 0.1) is 6.54 Å². The number of rotatable bonds is 11. The second kappa shape index (κ2) is 11.5. The maximum atomic E-state index is 10.7. The summed E-state index contributed by atoms with van der Waals surface area (Å²) < 4.78 is 12.3. The summed E-state index contributed by atoms with van der Waals surface area (Å²) in [6, 6.07) is 25.9. The van der Waals surface area contributed by atoms with Crippen molar-refractivity contribution in [2.24, 2.45) is 0 Å². The van der Waals surface area contributed by atoms with Gasteiger partial charge < -0.3 is 19.9 Å². The van der Waals surface area contributed by atoms with Crippen LogP contribution in [0.2, 0.25) is 0 Å². The minimum Gasteiger partial charge on any atom is -0.486 e. The molecule has 0 amide bonds. The zero-order chi connectivity index (χ0) is 23.7. The summed E-state index contributed by atoms with van der Waals surface area (Å²) >= 11 is 0. The van der Waals surface area contributed by atoms with Crippen LogP contribution in [0, 0.1) is 0 Å². The number of nitrogens with one attached hydrogen (secondary N) is 1. The largest absolute Gasteiger partial charge is 0.486 e. The van der Waals surface area contributed by atoms with E-state index in [-0.39, 0.29) is 18.1 Å². The molecule has 0 spiro atoms. The average molecular weight is 448 g/mol. The molecule has 0 saturated carbocycles. The van der Waals surface area contributed by atoms with Crippen LogP contribution in [0.4, 0.5) is 0 Å². The van der Waals surface area contributed by atoms with Crippen molar-refractivity contribution in [3.63, 3.8) is 0 Å². The van der Waals surface area contributed by atoms with Crippen molar-refractivity contribution in [1.82, 2.24) is 5.32 Å². The van der Waals surface area contributed by atoms with Crippen LogP contribution in [0.5, 0.6) is 17.2 Å². The molecule has 5 nitrogen and oxygen atoms in total. The Hall–Kier alpha value is -3.31. The number of carboxylic acids is 1. The van der Waals surface area contributed by atoms with Gasteiger partial charge in [0.25, 0.3) is 0 Å². The molecule has 5 heteroatoms. The van der Waals surface area contributed by atoms with E-state index in [0.29, 0.717) is 6.54 Å². The van der Waals surface area contributed by atoms with Gasteiger partial charge in [0.15, 0.2) is 0 Å². The maximum Gasteiger partial charge on any atom is 0.317 e. The van der Waals surface area contributed by atoms with Gasteiger partial charge in [0.2, 0.25) is 0 Å². The molecule has 0 aliphatic rings. The van der Waals surface area contributed by atoms with Gasteiger partial charge in [-0.1, -0.05) is 63.2 Å². The predicted molar refractivity (Wildman–Crippen MR) is 131 cm³/mol. The molecule has 0 aromatic heterocycles. The Morgan fingerprint density at radius 3 is 2.03 bits per heavy atom. The highest BCUT2D eigenvalue weighted by Gasteiger charge is 2.14. The van der Waals surface area contributed by atoms with E-state index >= 15 is 0 Å². The minimum absolute atomic E-state index is 0.0305. The van der Waals surface area contributed by atoms with Crippen molar-refractivity contribution >= 4 is 5.97 Å². The van der Waals surface area contributed by atoms with E-state index in [9.17, 15) is 4.79 Å². The number of hydrogen-bond donors (Lipinski definition) is 2. The number of carboxylic acid groups (broad SMARTS) is 1. The lowest BCUT2D eigenvalue weighted by Gasteiger charge is -2.20. The molecule has 3 aromatic carbocycles. The molecule has 0 fully saturated rings. The zero-order valence-corrected chi connectivity index (χ0v) is 19.6. The van der Waals surface area contributed by atoms with Crippen LogP contribution in [0.15, 0.2) is 78.9 Å². The van der Waals surface area contributed by atoms with Crippen LogP contribution in [0.3, 0.4) is 0 Å². The normalized spacial score (nSPS) is 12.2. The third-order valence-corrected chi connectivity index (χ3v) is 5.33. The number of aliphatic carboxylic acids is 1. The molecule has 0 saturated heterocycles. The van der Waals surface area contributed by atoms with E-state index in [1.807, 2.05) is 66.7 Å². The van der Waals surface area contributed by atoms with Gasteiger partial charge in [0, 0.05) is 0 Å². The number of ether oxygens (including phenoxy) is 2. The first kappa shape index (κ1) is 24.3. The highest BCUT2D eigenvalue weighted by atomic mass is 16.5. The van der Waals surface area contributed by atoms with Crippen LogP contribution >= 0.6 is 0 Å². The van der Waals surface area contributed by atoms with Crippen molar-refractivity contribution in [1.29, 1.82) is 0 Å². The predicted octanol–water partition coefficient (Wildman–Crippen LogP) is 6.35. The van der Waals surface area contributed by atoms with Crippen LogP contribution in [0.25, 0.3) is 0 Å². The smallest absolute Gasteiger partial charge is 0.317 e. The van der Waals surface area contributed by atoms with E-state index in [4.69, 9.17) is 14.6 Å². The molecule has 0 heterocycles. The molecule has 174 valence electrons. The first-order chi connectivity index (χ1) is 15.8. The van der Waals surface area contributed by atoms with E-state index in [2.05, 4.69) is 38.2 Å². The van der Waals surface area contributed by atoms with Crippen molar-refractivity contribution in [2.75, 3.05) is 13.1 Å². The topological polar surface area (TPSA) is 67.8 Å². The first-order valence-corrected chi connectivity index (χ1v) is 11.3. The van der Waals surface area contributed by atoms with Crippen molar-refractivity contribution in [2.45, 2.75) is 45.1 Å². The molecule has 0 bridgehead atoms. The van der Waals surface area contributed by atoms with Gasteiger partial charge in [0.1, 0.15) is 23.4 Å². The van der Waals surface area contributed by atoms with Gasteiger partial charge in [-0.3, -0.25) is 4.79 Å². The molecule has 0 aliphatic heterocycles. The lowest BCUT2D eigenvalue weighted by molar-refractivity contribution is -0.135. The Bertz CT molecular complexity index is 993. The lowest BCUT2D eigenvalue weighted by Crippen LogP contribution is -2.24. The van der Waals surface area contributed by atoms with Crippen LogP contribution in [0.1, 0.15) is 50.8 Å². The monoisotopic (exact) mass is 447 g/mol. The van der Waals surface area contributed by atoms with E-state index in [1.165, 1.54) is 5.56 Å². The summed E-state index contributed by atoms with van der Waals surface area (Å²) in [6.07, 6.45) is 1.46. The summed E-state index contributed by atoms with van der Waals surface area (Å²) in [4.78, 5) is 10.7.